The summed E-state index contributed by atoms with van der Waals surface area (Å²) in [6, 6.07) is 8.07. The molecule has 0 bridgehead atoms. The Kier molecular flexibility index (Phi) is 7.01. The van der Waals surface area contributed by atoms with E-state index in [2.05, 4.69) is 6.92 Å². The zero-order chi connectivity index (χ0) is 14.1. The van der Waals surface area contributed by atoms with Crippen molar-refractivity contribution in [3.63, 3.8) is 0 Å². The van der Waals surface area contributed by atoms with Crippen LogP contribution in [0, 0.1) is 12.8 Å². The van der Waals surface area contributed by atoms with Crippen molar-refractivity contribution in [1.82, 2.24) is 0 Å². The molecule has 0 amide bonds. The van der Waals surface area contributed by atoms with E-state index in [0.717, 1.165) is 38.0 Å². The molecule has 0 radical (unpaired) electrons. The average molecular weight is 264 g/mol. The lowest BCUT2D eigenvalue weighted by Gasteiger charge is -2.09. The van der Waals surface area contributed by atoms with E-state index in [4.69, 9.17) is 9.84 Å². The molecule has 106 valence electrons. The standard InChI is InChI=1S/C16H24O3/c1-13-7-9-15(10-8-13)19-11-5-3-4-6-14(2)12-16(17)18/h7-10,14H,3-6,11-12H2,1-2H3,(H,17,18). The van der Waals surface area contributed by atoms with Crippen LogP contribution in [0.1, 0.15) is 44.6 Å². The molecule has 1 aromatic carbocycles. The maximum Gasteiger partial charge on any atom is 0.303 e. The van der Waals surface area contributed by atoms with Crippen LogP contribution in [-0.4, -0.2) is 17.7 Å². The second-order valence-corrected chi connectivity index (χ2v) is 5.21. The first-order valence-corrected chi connectivity index (χ1v) is 6.99. The Balaban J connectivity index is 2.02. The second kappa shape index (κ2) is 8.57. The van der Waals surface area contributed by atoms with Gasteiger partial charge in [-0.3, -0.25) is 4.79 Å². The summed E-state index contributed by atoms with van der Waals surface area (Å²) in [7, 11) is 0. The third-order valence-corrected chi connectivity index (χ3v) is 3.15. The molecule has 1 atom stereocenters. The van der Waals surface area contributed by atoms with Crippen molar-refractivity contribution >= 4 is 5.97 Å². The van der Waals surface area contributed by atoms with Gasteiger partial charge in [0.2, 0.25) is 0 Å². The molecule has 1 unspecified atom stereocenters. The predicted octanol–water partition coefficient (Wildman–Crippen LogP) is 4.05. The average Bonchev–Trinajstić information content (AvgIpc) is 2.35. The minimum absolute atomic E-state index is 0.274. The van der Waals surface area contributed by atoms with Crippen molar-refractivity contribution in [2.24, 2.45) is 5.92 Å². The van der Waals surface area contributed by atoms with Crippen molar-refractivity contribution in [2.75, 3.05) is 6.61 Å². The number of hydrogen-bond donors (Lipinski definition) is 1. The van der Waals surface area contributed by atoms with Gasteiger partial charge in [0, 0.05) is 6.42 Å². The Hall–Kier alpha value is -1.51. The molecule has 0 saturated carbocycles. The van der Waals surface area contributed by atoms with E-state index >= 15 is 0 Å². The quantitative estimate of drug-likeness (QED) is 0.684. The molecule has 1 N–H and O–H groups in total. The van der Waals surface area contributed by atoms with E-state index in [-0.39, 0.29) is 12.3 Å². The van der Waals surface area contributed by atoms with Gasteiger partial charge in [0.05, 0.1) is 6.61 Å². The molecule has 1 rings (SSSR count). The van der Waals surface area contributed by atoms with Crippen LogP contribution >= 0.6 is 0 Å². The van der Waals surface area contributed by atoms with Crippen LogP contribution in [0.4, 0.5) is 0 Å². The molecule has 0 aliphatic heterocycles. The molecule has 3 heteroatoms. The fourth-order valence-corrected chi connectivity index (χ4v) is 2.00. The molecule has 0 spiro atoms. The first-order valence-electron chi connectivity index (χ1n) is 6.99. The minimum Gasteiger partial charge on any atom is -0.494 e. The first kappa shape index (κ1) is 15.5. The van der Waals surface area contributed by atoms with Crippen molar-refractivity contribution < 1.29 is 14.6 Å². The third kappa shape index (κ3) is 7.50. The summed E-state index contributed by atoms with van der Waals surface area (Å²) in [5.74, 6) is 0.496. The van der Waals surface area contributed by atoms with Crippen molar-refractivity contribution in [2.45, 2.75) is 46.0 Å². The van der Waals surface area contributed by atoms with Gasteiger partial charge in [-0.05, 0) is 31.4 Å². The summed E-state index contributed by atoms with van der Waals surface area (Å²) in [6.07, 6.45) is 4.45. The van der Waals surface area contributed by atoms with E-state index < -0.39 is 5.97 Å². The van der Waals surface area contributed by atoms with Gasteiger partial charge in [-0.25, -0.2) is 0 Å². The van der Waals surface area contributed by atoms with Gasteiger partial charge in [0.15, 0.2) is 0 Å². The van der Waals surface area contributed by atoms with Gasteiger partial charge in [-0.2, -0.15) is 0 Å². The third-order valence-electron chi connectivity index (χ3n) is 3.15. The fourth-order valence-electron chi connectivity index (χ4n) is 2.00. The van der Waals surface area contributed by atoms with E-state index in [1.165, 1.54) is 5.56 Å². The maximum absolute atomic E-state index is 10.5. The molecule has 3 nitrogen and oxygen atoms in total. The molecule has 0 heterocycles. The number of benzene rings is 1. The summed E-state index contributed by atoms with van der Waals surface area (Å²) in [6.45, 7) is 4.79. The van der Waals surface area contributed by atoms with E-state index in [0.29, 0.717) is 0 Å². The lowest BCUT2D eigenvalue weighted by molar-refractivity contribution is -0.138. The molecule has 0 aliphatic carbocycles. The van der Waals surface area contributed by atoms with Crippen LogP contribution in [0.15, 0.2) is 24.3 Å². The van der Waals surface area contributed by atoms with E-state index in [1.807, 2.05) is 31.2 Å². The summed E-state index contributed by atoms with van der Waals surface area (Å²) >= 11 is 0. The number of carboxylic acid groups (broad SMARTS) is 1. The normalized spacial score (nSPS) is 12.1. The van der Waals surface area contributed by atoms with Gasteiger partial charge < -0.3 is 9.84 Å². The highest BCUT2D eigenvalue weighted by Gasteiger charge is 2.06. The van der Waals surface area contributed by atoms with Gasteiger partial charge in [0.1, 0.15) is 5.75 Å². The minimum atomic E-state index is -0.699. The second-order valence-electron chi connectivity index (χ2n) is 5.21. The topological polar surface area (TPSA) is 46.5 Å². The zero-order valence-corrected chi connectivity index (χ0v) is 11.9. The Morgan fingerprint density at radius 2 is 1.89 bits per heavy atom. The Morgan fingerprint density at radius 3 is 2.53 bits per heavy atom. The summed E-state index contributed by atoms with van der Waals surface area (Å²) in [4.78, 5) is 10.5. The first-order chi connectivity index (χ1) is 9.08. The number of aryl methyl sites for hydroxylation is 1. The number of unbranched alkanes of at least 4 members (excludes halogenated alkanes) is 2. The van der Waals surface area contributed by atoms with Crippen molar-refractivity contribution in [3.8, 4) is 5.75 Å². The number of carboxylic acids is 1. The molecule has 0 saturated heterocycles. The van der Waals surface area contributed by atoms with Gasteiger partial charge >= 0.3 is 5.97 Å². The number of carbonyl (C=O) groups is 1. The zero-order valence-electron chi connectivity index (χ0n) is 11.9. The lowest BCUT2D eigenvalue weighted by atomic mass is 10.0. The highest BCUT2D eigenvalue weighted by Crippen LogP contribution is 2.14. The molecular formula is C16H24O3. The maximum atomic E-state index is 10.5. The molecule has 1 aromatic rings. The van der Waals surface area contributed by atoms with Gasteiger partial charge in [-0.15, -0.1) is 0 Å². The predicted molar refractivity (Wildman–Crippen MR) is 76.6 cm³/mol. The SMILES string of the molecule is Cc1ccc(OCCCCCC(C)CC(=O)O)cc1. The summed E-state index contributed by atoms with van der Waals surface area (Å²) < 4.78 is 5.64. The van der Waals surface area contributed by atoms with Crippen LogP contribution in [0.25, 0.3) is 0 Å². The lowest BCUT2D eigenvalue weighted by Crippen LogP contribution is -2.04. The molecule has 0 aliphatic rings. The van der Waals surface area contributed by atoms with Crippen LogP contribution in [0.5, 0.6) is 5.75 Å². The van der Waals surface area contributed by atoms with E-state index in [1.54, 1.807) is 0 Å². The Labute approximate surface area is 115 Å². The molecule has 19 heavy (non-hydrogen) atoms. The summed E-state index contributed by atoms with van der Waals surface area (Å²) in [5.41, 5.74) is 1.24. The largest absolute Gasteiger partial charge is 0.494 e. The Morgan fingerprint density at radius 1 is 1.21 bits per heavy atom. The highest BCUT2D eigenvalue weighted by atomic mass is 16.5. The fraction of sp³-hybridized carbons (Fsp3) is 0.562. The highest BCUT2D eigenvalue weighted by molar-refractivity contribution is 5.66. The van der Waals surface area contributed by atoms with Crippen LogP contribution in [0.2, 0.25) is 0 Å². The van der Waals surface area contributed by atoms with Crippen molar-refractivity contribution in [1.29, 1.82) is 0 Å². The molecular weight excluding hydrogens is 240 g/mol. The van der Waals surface area contributed by atoms with Gasteiger partial charge in [0.25, 0.3) is 0 Å². The number of aliphatic carboxylic acids is 1. The molecule has 0 fully saturated rings. The number of rotatable bonds is 9. The Bertz CT molecular complexity index is 370. The summed E-state index contributed by atoms with van der Waals surface area (Å²) in [5, 5.41) is 8.65. The van der Waals surface area contributed by atoms with Crippen LogP contribution in [0.3, 0.4) is 0 Å². The molecule has 0 aromatic heterocycles. The van der Waals surface area contributed by atoms with E-state index in [9.17, 15) is 4.79 Å². The van der Waals surface area contributed by atoms with Crippen LogP contribution in [-0.2, 0) is 4.79 Å². The van der Waals surface area contributed by atoms with Gasteiger partial charge in [-0.1, -0.05) is 43.9 Å². The smallest absolute Gasteiger partial charge is 0.303 e. The monoisotopic (exact) mass is 264 g/mol. The van der Waals surface area contributed by atoms with Crippen molar-refractivity contribution in [3.05, 3.63) is 29.8 Å². The number of hydrogen-bond acceptors (Lipinski definition) is 2. The van der Waals surface area contributed by atoms with Crippen LogP contribution < -0.4 is 4.74 Å². The number of ether oxygens (including phenoxy) is 1.